The molecule has 4 aromatic heterocycles. The van der Waals surface area contributed by atoms with Crippen molar-refractivity contribution in [3.8, 4) is 33.5 Å². The van der Waals surface area contributed by atoms with Gasteiger partial charge in [-0.25, -0.2) is 19.9 Å². The van der Waals surface area contributed by atoms with Gasteiger partial charge in [-0.2, -0.15) is 10.5 Å². The molecule has 9 nitrogen and oxygen atoms in total. The molecule has 37 heavy (non-hydrogen) atoms. The van der Waals surface area contributed by atoms with E-state index in [4.69, 9.17) is 21.4 Å². The quantitative estimate of drug-likeness (QED) is 0.305. The molecule has 1 aliphatic heterocycles. The normalized spacial score (nSPS) is 13.3. The molecule has 0 amide bonds. The molecule has 0 unspecified atom stereocenters. The van der Waals surface area contributed by atoms with E-state index in [9.17, 15) is 10.5 Å². The summed E-state index contributed by atoms with van der Waals surface area (Å²) < 4.78 is 0. The molecule has 0 aromatic carbocycles. The predicted molar refractivity (Wildman–Crippen MR) is 149 cm³/mol. The molecule has 5 heterocycles. The lowest BCUT2D eigenvalue weighted by Gasteiger charge is -2.29. The maximum Gasteiger partial charge on any atom is 0.149 e. The van der Waals surface area contributed by atoms with Crippen LogP contribution >= 0.6 is 34.4 Å². The van der Waals surface area contributed by atoms with Crippen LogP contribution in [0.5, 0.6) is 0 Å². The fourth-order valence-electron chi connectivity index (χ4n) is 4.12. The average molecular weight is 546 g/mol. The van der Waals surface area contributed by atoms with Crippen molar-refractivity contribution in [3.63, 3.8) is 0 Å². The van der Waals surface area contributed by atoms with Crippen LogP contribution in [0.3, 0.4) is 0 Å². The van der Waals surface area contributed by atoms with Gasteiger partial charge < -0.3 is 16.4 Å². The zero-order valence-corrected chi connectivity index (χ0v) is 22.3. The molecule has 4 aromatic rings. The Labute approximate surface area is 226 Å². The van der Waals surface area contributed by atoms with Crippen molar-refractivity contribution in [2.24, 2.45) is 0 Å². The second-order valence-electron chi connectivity index (χ2n) is 8.42. The lowest BCUT2D eigenvalue weighted by atomic mass is 10.1. The fraction of sp³-hybridized carbons (Fsp3) is 0.280. The van der Waals surface area contributed by atoms with E-state index >= 15 is 0 Å². The van der Waals surface area contributed by atoms with Gasteiger partial charge in [0, 0.05) is 35.8 Å². The number of aromatic nitrogens is 4. The number of nitriles is 2. The van der Waals surface area contributed by atoms with E-state index in [1.165, 1.54) is 40.9 Å². The predicted octanol–water partition coefficient (Wildman–Crippen LogP) is 4.96. The molecule has 1 saturated heterocycles. The van der Waals surface area contributed by atoms with Crippen LogP contribution < -0.4 is 16.4 Å². The number of piperidine rings is 1. The number of anilines is 3. The maximum absolute atomic E-state index is 9.66. The largest absolute Gasteiger partial charge is 0.398 e. The van der Waals surface area contributed by atoms with E-state index in [0.29, 0.717) is 56.9 Å². The van der Waals surface area contributed by atoms with Gasteiger partial charge >= 0.3 is 0 Å². The lowest BCUT2D eigenvalue weighted by molar-refractivity contribution is 0.573. The molecule has 0 bridgehead atoms. The minimum absolute atomic E-state index is 0.381. The number of rotatable bonds is 7. The van der Waals surface area contributed by atoms with Crippen molar-refractivity contribution in [2.45, 2.75) is 30.7 Å². The summed E-state index contributed by atoms with van der Waals surface area (Å²) in [5, 5.41) is 25.3. The van der Waals surface area contributed by atoms with E-state index in [-0.39, 0.29) is 0 Å². The number of hydrogen-bond donors (Lipinski definition) is 2. The third kappa shape index (κ3) is 5.37. The first-order valence-electron chi connectivity index (χ1n) is 11.7. The fourth-order valence-corrected chi connectivity index (χ4v) is 6.50. The Morgan fingerprint density at radius 1 is 0.919 bits per heavy atom. The second-order valence-corrected chi connectivity index (χ2v) is 11.3. The zero-order valence-electron chi connectivity index (χ0n) is 19.8. The molecule has 0 radical (unpaired) electrons. The number of thiazole rings is 2. The van der Waals surface area contributed by atoms with Crippen LogP contribution in [0.25, 0.3) is 21.4 Å². The van der Waals surface area contributed by atoms with Crippen LogP contribution in [0.2, 0.25) is 0 Å². The minimum Gasteiger partial charge on any atom is -0.398 e. The minimum atomic E-state index is 0.381. The zero-order chi connectivity index (χ0) is 25.8. The molecular weight excluding hydrogens is 523 g/mol. The molecule has 186 valence electrons. The Balaban J connectivity index is 1.32. The number of nitrogens with two attached hydrogens (primary N) is 2. The molecule has 0 atom stereocenters. The van der Waals surface area contributed by atoms with E-state index < -0.39 is 0 Å². The highest BCUT2D eigenvalue weighted by Gasteiger charge is 2.21. The van der Waals surface area contributed by atoms with Crippen molar-refractivity contribution in [3.05, 3.63) is 45.9 Å². The molecule has 0 spiro atoms. The van der Waals surface area contributed by atoms with E-state index in [0.717, 1.165) is 41.6 Å². The SMILES string of the molecule is N#Cc1c(N)cc(-c2nccs2)nc1SCCc1csc(-c2cc(N)c(C#N)c(N3CCCCC3)n2)n1. The summed E-state index contributed by atoms with van der Waals surface area (Å²) in [5.41, 5.74) is 16.3. The number of nitrogen functional groups attached to an aromatic ring is 2. The van der Waals surface area contributed by atoms with Crippen LogP contribution in [0, 0.1) is 22.7 Å². The lowest BCUT2D eigenvalue weighted by Crippen LogP contribution is -2.31. The Bertz CT molecular complexity index is 1490. The van der Waals surface area contributed by atoms with Crippen LogP contribution in [0.15, 0.2) is 34.1 Å². The molecule has 0 saturated carbocycles. The molecule has 5 rings (SSSR count). The van der Waals surface area contributed by atoms with Gasteiger partial charge in [-0.05, 0) is 37.8 Å². The van der Waals surface area contributed by atoms with Crippen molar-refractivity contribution in [2.75, 3.05) is 35.2 Å². The Morgan fingerprint density at radius 3 is 2.35 bits per heavy atom. The highest BCUT2D eigenvalue weighted by molar-refractivity contribution is 7.99. The van der Waals surface area contributed by atoms with E-state index in [1.807, 2.05) is 10.8 Å². The van der Waals surface area contributed by atoms with Gasteiger partial charge in [0.25, 0.3) is 0 Å². The van der Waals surface area contributed by atoms with E-state index in [2.05, 4.69) is 27.0 Å². The summed E-state index contributed by atoms with van der Waals surface area (Å²) in [4.78, 5) is 20.7. The van der Waals surface area contributed by atoms with Crippen LogP contribution in [0.1, 0.15) is 36.1 Å². The van der Waals surface area contributed by atoms with Crippen molar-refractivity contribution >= 4 is 51.6 Å². The van der Waals surface area contributed by atoms with Gasteiger partial charge in [0.2, 0.25) is 0 Å². The topological polar surface area (TPSA) is 154 Å². The highest BCUT2D eigenvalue weighted by atomic mass is 32.2. The Kier molecular flexibility index (Phi) is 7.51. The summed E-state index contributed by atoms with van der Waals surface area (Å²) in [6, 6.07) is 7.83. The summed E-state index contributed by atoms with van der Waals surface area (Å²) in [7, 11) is 0. The highest BCUT2D eigenvalue weighted by Crippen LogP contribution is 2.33. The summed E-state index contributed by atoms with van der Waals surface area (Å²) >= 11 is 4.45. The van der Waals surface area contributed by atoms with Gasteiger partial charge in [0.1, 0.15) is 55.5 Å². The van der Waals surface area contributed by atoms with Crippen LogP contribution in [0.4, 0.5) is 17.2 Å². The van der Waals surface area contributed by atoms with Gasteiger partial charge in [0.05, 0.1) is 17.1 Å². The molecule has 4 N–H and O–H groups in total. The number of aryl methyl sites for hydroxylation is 1. The molecule has 0 aliphatic carbocycles. The Hall–Kier alpha value is -3.71. The Morgan fingerprint density at radius 2 is 1.65 bits per heavy atom. The molecule has 1 fully saturated rings. The van der Waals surface area contributed by atoms with Gasteiger partial charge in [-0.3, -0.25) is 0 Å². The first-order valence-corrected chi connectivity index (χ1v) is 14.5. The molecular formula is C25H23N9S3. The second kappa shape index (κ2) is 11.1. The summed E-state index contributed by atoms with van der Waals surface area (Å²) in [6.07, 6.45) is 5.75. The third-order valence-corrected chi connectivity index (χ3v) is 8.63. The monoisotopic (exact) mass is 545 g/mol. The van der Waals surface area contributed by atoms with Crippen LogP contribution in [-0.2, 0) is 6.42 Å². The first kappa shape index (κ1) is 25.0. The van der Waals surface area contributed by atoms with Gasteiger partial charge in [-0.15, -0.1) is 34.4 Å². The smallest absolute Gasteiger partial charge is 0.149 e. The molecule has 12 heteroatoms. The number of hydrogen-bond acceptors (Lipinski definition) is 12. The maximum atomic E-state index is 9.66. The standard InChI is InChI=1S/C25H23N9S3/c26-12-16-18(28)10-21(32-22(16)34-6-2-1-3-7-34)25-31-15(14-37-25)4-8-35-23-17(13-27)19(29)11-20(33-23)24-30-5-9-36-24/h5,9-11,14H,1-4,6-8H2,(H2,28,32)(H2,29,33). The van der Waals surface area contributed by atoms with Crippen LogP contribution in [-0.4, -0.2) is 38.8 Å². The first-order chi connectivity index (χ1) is 18.1. The summed E-state index contributed by atoms with van der Waals surface area (Å²) in [5.74, 6) is 1.32. The number of thioether (sulfide) groups is 1. The van der Waals surface area contributed by atoms with Gasteiger partial charge in [0.15, 0.2) is 0 Å². The van der Waals surface area contributed by atoms with E-state index in [1.54, 1.807) is 18.3 Å². The number of nitrogens with zero attached hydrogens (tertiary/aromatic N) is 7. The summed E-state index contributed by atoms with van der Waals surface area (Å²) in [6.45, 7) is 1.75. The van der Waals surface area contributed by atoms with Crippen molar-refractivity contribution in [1.82, 2.24) is 19.9 Å². The van der Waals surface area contributed by atoms with Gasteiger partial charge in [-0.1, -0.05) is 0 Å². The van der Waals surface area contributed by atoms with Crippen molar-refractivity contribution in [1.29, 1.82) is 10.5 Å². The third-order valence-electron chi connectivity index (χ3n) is 5.95. The molecule has 1 aliphatic rings. The number of pyridine rings is 2. The van der Waals surface area contributed by atoms with Crippen molar-refractivity contribution < 1.29 is 0 Å². The average Bonchev–Trinajstić information content (AvgIpc) is 3.61.